The predicted octanol–water partition coefficient (Wildman–Crippen LogP) is 1.57. The van der Waals surface area contributed by atoms with Gasteiger partial charge in [0.05, 0.1) is 7.11 Å². The molecule has 0 bridgehead atoms. The molecule has 0 radical (unpaired) electrons. The van der Waals surface area contributed by atoms with Gasteiger partial charge >= 0.3 is 37.0 Å². The second-order valence-electron chi connectivity index (χ2n) is 2.25. The summed E-state index contributed by atoms with van der Waals surface area (Å²) in [5.41, 5.74) is 2.70. The van der Waals surface area contributed by atoms with E-state index in [2.05, 4.69) is 17.2 Å². The maximum atomic E-state index is 4.53. The van der Waals surface area contributed by atoms with Crippen molar-refractivity contribution in [2.24, 2.45) is 0 Å². The summed E-state index contributed by atoms with van der Waals surface area (Å²) in [5, 5.41) is 0. The van der Waals surface area contributed by atoms with Crippen LogP contribution in [0.5, 0.6) is 0 Å². The Morgan fingerprint density at radius 2 is 1.92 bits per heavy atom. The zero-order valence-corrected chi connectivity index (χ0v) is 7.79. The number of hydroxylamine groups is 1. The topological polar surface area (TPSA) is 21.3 Å². The van der Waals surface area contributed by atoms with Gasteiger partial charge < -0.3 is 4.84 Å². The maximum absolute atomic E-state index is 4.53. The third-order valence-corrected chi connectivity index (χ3v) is 1.16. The molecule has 1 aromatic heterocycles. The molecule has 0 saturated carbocycles. The zero-order chi connectivity index (χ0) is 9.07. The van der Waals surface area contributed by atoms with Crippen LogP contribution in [0, 0.1) is 0 Å². The van der Waals surface area contributed by atoms with Crippen molar-refractivity contribution >= 4 is 6.91 Å². The molecular formula is C9H16BNO. The third-order valence-electron chi connectivity index (χ3n) is 1.16. The van der Waals surface area contributed by atoms with E-state index in [9.17, 15) is 0 Å². The van der Waals surface area contributed by atoms with Crippen molar-refractivity contribution in [1.82, 2.24) is 5.48 Å². The molecule has 1 N–H and O–H groups in total. The molecule has 0 unspecified atom stereocenters. The van der Waals surface area contributed by atoms with Gasteiger partial charge in [-0.1, -0.05) is 6.92 Å². The van der Waals surface area contributed by atoms with Crippen LogP contribution < -0.4 is 5.48 Å². The Hall–Kier alpha value is -0.665. The summed E-state index contributed by atoms with van der Waals surface area (Å²) >= 11 is 0. The summed E-state index contributed by atoms with van der Waals surface area (Å²) in [6.45, 7) is 5.03. The SMILES string of the molecule is CCCNOC.b1ccccc1. The van der Waals surface area contributed by atoms with Crippen LogP contribution in [0.2, 0.25) is 0 Å². The molecule has 0 aliphatic heterocycles. The van der Waals surface area contributed by atoms with Crippen molar-refractivity contribution in [3.63, 3.8) is 0 Å². The van der Waals surface area contributed by atoms with Gasteiger partial charge in [0.2, 0.25) is 0 Å². The normalized spacial score (nSPS) is 8.17. The Balaban J connectivity index is 0.000000202. The van der Waals surface area contributed by atoms with Gasteiger partial charge in [-0.05, 0) is 6.42 Å². The van der Waals surface area contributed by atoms with E-state index in [1.807, 2.05) is 37.0 Å². The molecule has 0 aliphatic carbocycles. The summed E-state index contributed by atoms with van der Waals surface area (Å²) in [4.78, 5) is 4.53. The molecule has 0 aromatic carbocycles. The monoisotopic (exact) mass is 165 g/mol. The molecule has 0 spiro atoms. The Morgan fingerprint density at radius 3 is 2.08 bits per heavy atom. The average Bonchev–Trinajstić information content (AvgIpc) is 2.18. The number of rotatable bonds is 3. The van der Waals surface area contributed by atoms with E-state index < -0.39 is 0 Å². The predicted molar refractivity (Wildman–Crippen MR) is 53.1 cm³/mol. The molecule has 0 saturated heterocycles. The molecule has 0 aliphatic rings. The van der Waals surface area contributed by atoms with Crippen molar-refractivity contribution in [2.45, 2.75) is 13.3 Å². The van der Waals surface area contributed by atoms with Gasteiger partial charge in [-0.2, -0.15) is 0 Å². The van der Waals surface area contributed by atoms with E-state index in [1.54, 1.807) is 7.11 Å². The van der Waals surface area contributed by atoms with Crippen molar-refractivity contribution in [3.8, 4) is 0 Å². The summed E-state index contributed by atoms with van der Waals surface area (Å²) in [7, 11) is 1.62. The van der Waals surface area contributed by atoms with E-state index in [1.165, 1.54) is 0 Å². The average molecular weight is 165 g/mol. The fraction of sp³-hybridized carbons (Fsp3) is 0.444. The molecule has 0 atom stereocenters. The number of nitrogens with one attached hydrogen (secondary N) is 1. The quantitative estimate of drug-likeness (QED) is 0.542. The van der Waals surface area contributed by atoms with Crippen molar-refractivity contribution < 1.29 is 4.84 Å². The second-order valence-corrected chi connectivity index (χ2v) is 2.25. The van der Waals surface area contributed by atoms with E-state index in [0.717, 1.165) is 13.0 Å². The van der Waals surface area contributed by atoms with Gasteiger partial charge in [-0.3, -0.25) is 0 Å². The van der Waals surface area contributed by atoms with Crippen LogP contribution in [0.15, 0.2) is 30.1 Å². The van der Waals surface area contributed by atoms with Crippen molar-refractivity contribution in [2.75, 3.05) is 13.7 Å². The summed E-state index contributed by atoms with van der Waals surface area (Å²) in [5.74, 6) is 4.00. The minimum atomic E-state index is 0.941. The molecule has 1 rings (SSSR count). The van der Waals surface area contributed by atoms with Crippen molar-refractivity contribution in [3.05, 3.63) is 30.1 Å². The van der Waals surface area contributed by atoms with Crippen LogP contribution in [0.25, 0.3) is 0 Å². The van der Waals surface area contributed by atoms with E-state index >= 15 is 0 Å². The van der Waals surface area contributed by atoms with Crippen LogP contribution >= 0.6 is 0 Å². The Morgan fingerprint density at radius 1 is 1.25 bits per heavy atom. The first-order chi connectivity index (χ1) is 5.91. The fourth-order valence-electron chi connectivity index (χ4n) is 0.589. The Bertz CT molecular complexity index is 127. The van der Waals surface area contributed by atoms with Crippen LogP contribution in [0.4, 0.5) is 0 Å². The number of hydrogen-bond donors (Lipinski definition) is 1. The molecule has 1 heterocycles. The first-order valence-corrected chi connectivity index (χ1v) is 4.17. The first kappa shape index (κ1) is 11.3. The standard InChI is InChI=1S/C5H5B.C4H11NO/c1-2-4-6-5-3-1;1-3-4-5-6-2/h1-5H;5H,3-4H2,1-2H3. The van der Waals surface area contributed by atoms with Crippen LogP contribution in [-0.2, 0) is 4.84 Å². The zero-order valence-electron chi connectivity index (χ0n) is 7.79. The minimum absolute atomic E-state index is 0.941. The van der Waals surface area contributed by atoms with E-state index in [0.29, 0.717) is 0 Å². The van der Waals surface area contributed by atoms with E-state index in [4.69, 9.17) is 0 Å². The molecular weight excluding hydrogens is 149 g/mol. The summed E-state index contributed by atoms with van der Waals surface area (Å²) in [6.07, 6.45) is 1.12. The van der Waals surface area contributed by atoms with Crippen LogP contribution in [-0.4, -0.2) is 20.6 Å². The second kappa shape index (κ2) is 10.3. The summed E-state index contributed by atoms with van der Waals surface area (Å²) in [6, 6.07) is 6.00. The molecule has 3 heteroatoms. The van der Waals surface area contributed by atoms with Gasteiger partial charge in [0.15, 0.2) is 0 Å². The van der Waals surface area contributed by atoms with Crippen molar-refractivity contribution in [1.29, 1.82) is 0 Å². The molecule has 66 valence electrons. The molecule has 12 heavy (non-hydrogen) atoms. The van der Waals surface area contributed by atoms with Crippen LogP contribution in [0.1, 0.15) is 13.3 Å². The van der Waals surface area contributed by atoms with Gasteiger partial charge in [-0.15, -0.1) is 0 Å². The van der Waals surface area contributed by atoms with Gasteiger partial charge in [0.25, 0.3) is 0 Å². The molecule has 0 amide bonds. The van der Waals surface area contributed by atoms with Crippen LogP contribution in [0.3, 0.4) is 0 Å². The van der Waals surface area contributed by atoms with Gasteiger partial charge in [-0.25, -0.2) is 5.48 Å². The summed E-state index contributed by atoms with van der Waals surface area (Å²) < 4.78 is 0. The third kappa shape index (κ3) is 9.33. The molecule has 0 fully saturated rings. The fourth-order valence-corrected chi connectivity index (χ4v) is 0.589. The first-order valence-electron chi connectivity index (χ1n) is 4.17. The molecule has 2 nitrogen and oxygen atoms in total. The van der Waals surface area contributed by atoms with Gasteiger partial charge in [0, 0.05) is 6.54 Å². The number of hydrogen-bond acceptors (Lipinski definition) is 2. The molecule has 1 aromatic rings. The van der Waals surface area contributed by atoms with Gasteiger partial charge in [0.1, 0.15) is 0 Å². The Labute approximate surface area is 75.1 Å². The Kier molecular flexibility index (Phi) is 9.76. The van der Waals surface area contributed by atoms with E-state index in [-0.39, 0.29) is 0 Å².